The van der Waals surface area contributed by atoms with Crippen molar-refractivity contribution < 1.29 is 14.4 Å². The quantitative estimate of drug-likeness (QED) is 0.777. The lowest BCUT2D eigenvalue weighted by molar-refractivity contribution is -0.890. The SMILES string of the molecule is COc1ccc(Cl)cc1C(=O)NC[C@@H](c1ccc(N(C)C)cc1)[NH+](C)C. The van der Waals surface area contributed by atoms with E-state index >= 15 is 0 Å². The third kappa shape index (κ3) is 4.90. The molecular formula is C20H27ClN3O2+. The minimum Gasteiger partial charge on any atom is -0.496 e. The van der Waals surface area contributed by atoms with E-state index in [4.69, 9.17) is 16.3 Å². The third-order valence-electron chi connectivity index (χ3n) is 4.38. The molecule has 0 saturated carbocycles. The topological polar surface area (TPSA) is 46.0 Å². The molecule has 0 spiro atoms. The van der Waals surface area contributed by atoms with Crippen molar-refractivity contribution in [3.8, 4) is 5.75 Å². The molecule has 0 fully saturated rings. The number of methoxy groups -OCH3 is 1. The second-order valence-electron chi connectivity index (χ2n) is 6.67. The Hall–Kier alpha value is -2.24. The summed E-state index contributed by atoms with van der Waals surface area (Å²) in [4.78, 5) is 15.9. The van der Waals surface area contributed by atoms with Crippen molar-refractivity contribution in [2.75, 3.05) is 46.7 Å². The first-order valence-corrected chi connectivity index (χ1v) is 8.90. The molecule has 2 N–H and O–H groups in total. The average Bonchev–Trinajstić information content (AvgIpc) is 2.61. The summed E-state index contributed by atoms with van der Waals surface area (Å²) in [6.07, 6.45) is 0. The molecule has 2 rings (SSSR count). The largest absolute Gasteiger partial charge is 0.496 e. The van der Waals surface area contributed by atoms with Gasteiger partial charge in [0.25, 0.3) is 5.91 Å². The van der Waals surface area contributed by atoms with Crippen LogP contribution in [0.1, 0.15) is 22.0 Å². The van der Waals surface area contributed by atoms with Crippen molar-refractivity contribution in [2.24, 2.45) is 0 Å². The lowest BCUT2D eigenvalue weighted by Crippen LogP contribution is -3.07. The number of likely N-dealkylation sites (N-methyl/N-ethyl adjacent to an activating group) is 1. The van der Waals surface area contributed by atoms with Crippen LogP contribution in [0.5, 0.6) is 5.75 Å². The number of rotatable bonds is 7. The molecule has 5 nitrogen and oxygen atoms in total. The standard InChI is InChI=1S/C20H26ClN3O2/c1-23(2)16-9-6-14(7-10-16)18(24(3)4)13-22-20(25)17-12-15(21)8-11-19(17)26-5/h6-12,18H,13H2,1-5H3,(H,22,25)/p+1/t18-/m0/s1. The summed E-state index contributed by atoms with van der Waals surface area (Å²) in [5, 5.41) is 3.51. The second-order valence-corrected chi connectivity index (χ2v) is 7.11. The molecule has 0 aliphatic rings. The highest BCUT2D eigenvalue weighted by Crippen LogP contribution is 2.22. The summed E-state index contributed by atoms with van der Waals surface area (Å²) in [5.74, 6) is 0.316. The first-order valence-electron chi connectivity index (χ1n) is 8.52. The lowest BCUT2D eigenvalue weighted by Gasteiger charge is -2.23. The highest BCUT2D eigenvalue weighted by Gasteiger charge is 2.20. The van der Waals surface area contributed by atoms with Crippen LogP contribution >= 0.6 is 11.6 Å². The number of hydrogen-bond acceptors (Lipinski definition) is 3. The van der Waals surface area contributed by atoms with Crippen molar-refractivity contribution >= 4 is 23.2 Å². The fourth-order valence-electron chi connectivity index (χ4n) is 2.81. The van der Waals surface area contributed by atoms with E-state index in [2.05, 4.69) is 48.6 Å². The molecule has 1 amide bonds. The summed E-state index contributed by atoms with van der Waals surface area (Å²) in [6.45, 7) is 0.512. The molecule has 0 heterocycles. The Kier molecular flexibility index (Phi) is 6.89. The Balaban J connectivity index is 2.13. The van der Waals surface area contributed by atoms with Crippen molar-refractivity contribution in [3.63, 3.8) is 0 Å². The molecular weight excluding hydrogens is 350 g/mol. The fraction of sp³-hybridized carbons (Fsp3) is 0.350. The number of carbonyl (C=O) groups is 1. The van der Waals surface area contributed by atoms with E-state index < -0.39 is 0 Å². The summed E-state index contributed by atoms with van der Waals surface area (Å²) in [5.41, 5.74) is 2.76. The minimum atomic E-state index is -0.194. The van der Waals surface area contributed by atoms with Crippen LogP contribution in [0.25, 0.3) is 0 Å². The van der Waals surface area contributed by atoms with Crippen LogP contribution in [0.4, 0.5) is 5.69 Å². The van der Waals surface area contributed by atoms with Gasteiger partial charge in [0.05, 0.1) is 33.3 Å². The first kappa shape index (κ1) is 20.1. The molecule has 140 valence electrons. The van der Waals surface area contributed by atoms with E-state index in [1.165, 1.54) is 10.5 Å². The van der Waals surface area contributed by atoms with Gasteiger partial charge >= 0.3 is 0 Å². The maximum Gasteiger partial charge on any atom is 0.255 e. The number of nitrogens with one attached hydrogen (secondary N) is 2. The predicted octanol–water partition coefficient (Wildman–Crippen LogP) is 2.03. The van der Waals surface area contributed by atoms with Gasteiger partial charge in [-0.25, -0.2) is 0 Å². The molecule has 0 aliphatic heterocycles. The number of ether oxygens (including phenoxy) is 1. The number of hydrogen-bond donors (Lipinski definition) is 2. The van der Waals surface area contributed by atoms with E-state index in [-0.39, 0.29) is 11.9 Å². The fourth-order valence-corrected chi connectivity index (χ4v) is 2.98. The van der Waals surface area contributed by atoms with Crippen LogP contribution < -0.4 is 19.9 Å². The molecule has 0 aromatic heterocycles. The average molecular weight is 377 g/mol. The van der Waals surface area contributed by atoms with Gasteiger partial charge in [-0.2, -0.15) is 0 Å². The Morgan fingerprint density at radius 3 is 2.38 bits per heavy atom. The van der Waals surface area contributed by atoms with Gasteiger partial charge in [-0.3, -0.25) is 4.79 Å². The van der Waals surface area contributed by atoms with E-state index in [0.29, 0.717) is 22.9 Å². The van der Waals surface area contributed by atoms with Gasteiger partial charge in [-0.15, -0.1) is 0 Å². The molecule has 0 bridgehead atoms. The van der Waals surface area contributed by atoms with Gasteiger partial charge in [0.2, 0.25) is 0 Å². The number of nitrogens with zero attached hydrogens (tertiary/aromatic N) is 1. The van der Waals surface area contributed by atoms with Gasteiger partial charge < -0.3 is 19.9 Å². The Morgan fingerprint density at radius 2 is 1.85 bits per heavy atom. The molecule has 0 aliphatic carbocycles. The van der Waals surface area contributed by atoms with E-state index in [0.717, 1.165) is 5.69 Å². The van der Waals surface area contributed by atoms with Crippen LogP contribution in [0.2, 0.25) is 5.02 Å². The smallest absolute Gasteiger partial charge is 0.255 e. The Bertz CT molecular complexity index is 745. The minimum absolute atomic E-state index is 0.139. The van der Waals surface area contributed by atoms with Crippen molar-refractivity contribution in [2.45, 2.75) is 6.04 Å². The Morgan fingerprint density at radius 1 is 1.19 bits per heavy atom. The zero-order chi connectivity index (χ0) is 19.3. The molecule has 6 heteroatoms. The number of benzene rings is 2. The van der Waals surface area contributed by atoms with E-state index in [1.54, 1.807) is 25.3 Å². The zero-order valence-electron chi connectivity index (χ0n) is 16.0. The molecule has 2 aromatic carbocycles. The summed E-state index contributed by atoms with van der Waals surface area (Å²) in [6, 6.07) is 13.6. The maximum absolute atomic E-state index is 12.6. The maximum atomic E-state index is 12.6. The second kappa shape index (κ2) is 8.92. The van der Waals surface area contributed by atoms with Gasteiger partial charge in [-0.1, -0.05) is 23.7 Å². The predicted molar refractivity (Wildman–Crippen MR) is 107 cm³/mol. The van der Waals surface area contributed by atoms with Gasteiger partial charge in [0.15, 0.2) is 0 Å². The summed E-state index contributed by atoms with van der Waals surface area (Å²) in [7, 11) is 9.73. The van der Waals surface area contributed by atoms with E-state index in [9.17, 15) is 4.79 Å². The highest BCUT2D eigenvalue weighted by molar-refractivity contribution is 6.31. The van der Waals surface area contributed by atoms with Crippen molar-refractivity contribution in [1.29, 1.82) is 0 Å². The summed E-state index contributed by atoms with van der Waals surface area (Å²) < 4.78 is 5.27. The number of amides is 1. The highest BCUT2D eigenvalue weighted by atomic mass is 35.5. The Labute approximate surface area is 160 Å². The molecule has 0 radical (unpaired) electrons. The van der Waals surface area contributed by atoms with Crippen LogP contribution in [0, 0.1) is 0 Å². The van der Waals surface area contributed by atoms with Crippen LogP contribution in [0.15, 0.2) is 42.5 Å². The first-order chi connectivity index (χ1) is 12.3. The van der Waals surface area contributed by atoms with Gasteiger partial charge in [0, 0.05) is 30.4 Å². The lowest BCUT2D eigenvalue weighted by atomic mass is 10.0. The summed E-state index contributed by atoms with van der Waals surface area (Å²) >= 11 is 6.02. The van der Waals surface area contributed by atoms with Gasteiger partial charge in [-0.05, 0) is 30.3 Å². The molecule has 2 aromatic rings. The molecule has 1 atom stereocenters. The molecule has 26 heavy (non-hydrogen) atoms. The van der Waals surface area contributed by atoms with Crippen molar-refractivity contribution in [1.82, 2.24) is 5.32 Å². The molecule has 0 saturated heterocycles. The van der Waals surface area contributed by atoms with Gasteiger partial charge in [0.1, 0.15) is 11.8 Å². The van der Waals surface area contributed by atoms with Crippen LogP contribution in [-0.2, 0) is 0 Å². The third-order valence-corrected chi connectivity index (χ3v) is 4.62. The van der Waals surface area contributed by atoms with Crippen LogP contribution in [-0.4, -0.2) is 47.8 Å². The normalized spacial score (nSPS) is 12.0. The van der Waals surface area contributed by atoms with Crippen LogP contribution in [0.3, 0.4) is 0 Å². The monoisotopic (exact) mass is 376 g/mol. The zero-order valence-corrected chi connectivity index (χ0v) is 16.7. The number of carbonyl (C=O) groups excluding carboxylic acids is 1. The van der Waals surface area contributed by atoms with E-state index in [1.807, 2.05) is 14.1 Å². The number of quaternary nitrogens is 1. The van der Waals surface area contributed by atoms with Crippen molar-refractivity contribution in [3.05, 3.63) is 58.6 Å². The number of halogens is 1. The molecule has 0 unspecified atom stereocenters. The number of anilines is 1.